The number of nitrogens with two attached hydrogens (primary N) is 1. The number of aryl methyl sites for hydroxylation is 1. The van der Waals surface area contributed by atoms with E-state index in [1.807, 2.05) is 38.1 Å². The number of benzene rings is 3. The molecule has 8 atom stereocenters. The number of carboxylic acid groups (broad SMARTS) is 1. The predicted molar refractivity (Wildman–Crippen MR) is 287 cm³/mol. The zero-order chi connectivity index (χ0) is 55.9. The number of ether oxygens (including phenoxy) is 4. The number of Topliss-reactive ketones (excluding diaryl/α,β-unsaturated/α-hetero) is 1. The number of aliphatic hydroxyl groups excluding tert-OH is 1. The first-order valence-corrected chi connectivity index (χ1v) is 28.5. The number of carbonyl (C=O) groups excluding carboxylic acids is 5. The number of aliphatic carboxylic acids is 1. The van der Waals surface area contributed by atoms with E-state index < -0.39 is 75.4 Å². The number of hydrogen-bond acceptors (Lipinski definition) is 15. The molecule has 3 amide bonds. The fourth-order valence-electron chi connectivity index (χ4n) is 10.6. The SMILES string of the molecule is CCC(C)(C)C(=O)C(=O)N1CCCC[C@H]1C(=O)O[C@H](CCc1ccc(OC)c(OC)c1)c1cccc(OCCNC(=O)c2cccc(CN3C[C@@H](SC4=C(C(=O)O)N5C(=O)[C@H]([C@@H](C)O)[C@H]5[C@H]4C)C[C@H]3CNS(N)(=O)=O)c2)c1. The van der Waals surface area contributed by atoms with Crippen LogP contribution in [0.2, 0.25) is 0 Å². The number of β-lactam (4-membered cyclic amide) rings is 1. The van der Waals surface area contributed by atoms with E-state index in [0.29, 0.717) is 91.3 Å². The molecule has 0 aliphatic carbocycles. The van der Waals surface area contributed by atoms with Gasteiger partial charge < -0.3 is 44.3 Å². The molecule has 0 radical (unpaired) electrons. The Kier molecular flexibility index (Phi) is 19.2. The Morgan fingerprint density at radius 3 is 2.40 bits per heavy atom. The number of likely N-dealkylation sites (tertiary alicyclic amines) is 2. The van der Waals surface area contributed by atoms with Crippen molar-refractivity contribution >= 4 is 57.4 Å². The molecule has 0 bridgehead atoms. The van der Waals surface area contributed by atoms with Crippen molar-refractivity contribution in [1.29, 1.82) is 0 Å². The molecule has 22 heteroatoms. The lowest BCUT2D eigenvalue weighted by molar-refractivity contribution is -0.164. The molecule has 20 nitrogen and oxygen atoms in total. The molecule has 3 aromatic rings. The zero-order valence-corrected chi connectivity index (χ0v) is 46.3. The second-order valence-corrected chi connectivity index (χ2v) is 23.6. The van der Waals surface area contributed by atoms with Gasteiger partial charge in [-0.2, -0.15) is 8.42 Å². The Labute approximate surface area is 454 Å². The minimum Gasteiger partial charge on any atom is -0.493 e. The number of amides is 3. The van der Waals surface area contributed by atoms with Crippen LogP contribution in [0.1, 0.15) is 106 Å². The highest BCUT2D eigenvalue weighted by atomic mass is 32.2. The third-order valence-electron chi connectivity index (χ3n) is 15.2. The molecular weight excluding hydrogens is 1030 g/mol. The number of ketones is 1. The molecule has 4 aliphatic heterocycles. The van der Waals surface area contributed by atoms with E-state index in [9.17, 15) is 47.4 Å². The largest absolute Gasteiger partial charge is 0.493 e. The number of methoxy groups -OCH3 is 2. The highest BCUT2D eigenvalue weighted by Gasteiger charge is 2.60. The third-order valence-corrected chi connectivity index (χ3v) is 17.3. The van der Waals surface area contributed by atoms with Crippen LogP contribution in [0.3, 0.4) is 0 Å². The molecule has 3 saturated heterocycles. The number of piperidine rings is 1. The van der Waals surface area contributed by atoms with Crippen LogP contribution in [0.15, 0.2) is 77.3 Å². The number of esters is 1. The summed E-state index contributed by atoms with van der Waals surface area (Å²) >= 11 is 1.36. The Hall–Kier alpha value is -6.04. The second kappa shape index (κ2) is 25.2. The average molecular weight is 1110 g/mol. The Bertz CT molecular complexity index is 2840. The van der Waals surface area contributed by atoms with Gasteiger partial charge in [-0.3, -0.25) is 24.1 Å². The summed E-state index contributed by atoms with van der Waals surface area (Å²) in [6, 6.07) is 18.0. The number of fused-ring (bicyclic) bond motifs is 1. The van der Waals surface area contributed by atoms with Gasteiger partial charge in [-0.25, -0.2) is 19.5 Å². The van der Waals surface area contributed by atoms with Crippen molar-refractivity contribution in [3.8, 4) is 17.2 Å². The van der Waals surface area contributed by atoms with Gasteiger partial charge in [0.05, 0.1) is 38.8 Å². The maximum atomic E-state index is 14.2. The van der Waals surface area contributed by atoms with Gasteiger partial charge in [0, 0.05) is 59.3 Å². The Balaban J connectivity index is 0.994. The highest BCUT2D eigenvalue weighted by Crippen LogP contribution is 2.52. The van der Waals surface area contributed by atoms with E-state index in [0.717, 1.165) is 11.1 Å². The Morgan fingerprint density at radius 1 is 0.974 bits per heavy atom. The van der Waals surface area contributed by atoms with Crippen LogP contribution in [0.5, 0.6) is 17.2 Å². The van der Waals surface area contributed by atoms with Crippen molar-refractivity contribution in [1.82, 2.24) is 24.7 Å². The van der Waals surface area contributed by atoms with E-state index >= 15 is 0 Å². The first-order chi connectivity index (χ1) is 36.5. The summed E-state index contributed by atoms with van der Waals surface area (Å²) in [5.74, 6) is -3.29. The van der Waals surface area contributed by atoms with Gasteiger partial charge >= 0.3 is 11.9 Å². The molecule has 7 rings (SSSR count). The number of carbonyl (C=O) groups is 6. The summed E-state index contributed by atoms with van der Waals surface area (Å²) in [6.45, 7) is 9.91. The maximum Gasteiger partial charge on any atom is 0.353 e. The number of aliphatic hydroxyl groups is 1. The van der Waals surface area contributed by atoms with E-state index in [1.54, 1.807) is 70.5 Å². The summed E-state index contributed by atoms with van der Waals surface area (Å²) in [5.41, 5.74) is 1.73. The van der Waals surface area contributed by atoms with Gasteiger partial charge in [0.15, 0.2) is 11.5 Å². The minimum absolute atomic E-state index is 0.00961. The van der Waals surface area contributed by atoms with Crippen LogP contribution in [0.25, 0.3) is 0 Å². The summed E-state index contributed by atoms with van der Waals surface area (Å²) in [6.07, 6.45) is 1.76. The smallest absolute Gasteiger partial charge is 0.353 e. The molecule has 4 heterocycles. The fraction of sp³-hybridized carbons (Fsp3) is 0.527. The van der Waals surface area contributed by atoms with E-state index in [1.165, 1.54) is 28.5 Å². The number of thioether (sulfide) groups is 1. The fourth-order valence-corrected chi connectivity index (χ4v) is 12.7. The first-order valence-electron chi connectivity index (χ1n) is 26.1. The summed E-state index contributed by atoms with van der Waals surface area (Å²) in [5, 5.41) is 28.6. The van der Waals surface area contributed by atoms with Gasteiger partial charge in [-0.15, -0.1) is 11.8 Å². The van der Waals surface area contributed by atoms with Gasteiger partial charge in [0.1, 0.15) is 30.2 Å². The third kappa shape index (κ3) is 13.8. The number of rotatable bonds is 25. The van der Waals surface area contributed by atoms with Crippen LogP contribution in [-0.2, 0) is 51.9 Å². The Morgan fingerprint density at radius 2 is 1.71 bits per heavy atom. The first kappa shape index (κ1) is 58.6. The molecular formula is C55H72N6O14S2. The molecule has 4 aliphatic rings. The van der Waals surface area contributed by atoms with Gasteiger partial charge in [-0.05, 0) is 105 Å². The molecule has 3 aromatic carbocycles. The van der Waals surface area contributed by atoms with Crippen LogP contribution in [0, 0.1) is 17.3 Å². The van der Waals surface area contributed by atoms with Crippen molar-refractivity contribution in [2.75, 3.05) is 47.0 Å². The summed E-state index contributed by atoms with van der Waals surface area (Å²) in [4.78, 5) is 85.4. The lowest BCUT2D eigenvalue weighted by Gasteiger charge is -2.46. The minimum atomic E-state index is -4.04. The van der Waals surface area contributed by atoms with E-state index in [2.05, 4.69) is 14.9 Å². The van der Waals surface area contributed by atoms with Crippen molar-refractivity contribution in [3.63, 3.8) is 0 Å². The van der Waals surface area contributed by atoms with Crippen molar-refractivity contribution in [3.05, 3.63) is 99.6 Å². The topological polar surface area (TPSA) is 274 Å². The summed E-state index contributed by atoms with van der Waals surface area (Å²) in [7, 11) is -0.930. The number of nitrogens with one attached hydrogen (secondary N) is 2. The normalized spacial score (nSPS) is 22.4. The number of carboxylic acids is 1. The van der Waals surface area contributed by atoms with Gasteiger partial charge in [0.2, 0.25) is 11.7 Å². The maximum absolute atomic E-state index is 14.2. The van der Waals surface area contributed by atoms with Crippen LogP contribution < -0.4 is 29.4 Å². The number of nitrogens with zero attached hydrogens (tertiary/aromatic N) is 3. The highest BCUT2D eigenvalue weighted by molar-refractivity contribution is 8.03. The van der Waals surface area contributed by atoms with E-state index in [4.69, 9.17) is 24.1 Å². The van der Waals surface area contributed by atoms with Crippen LogP contribution >= 0.6 is 11.8 Å². The molecule has 6 N–H and O–H groups in total. The van der Waals surface area contributed by atoms with Gasteiger partial charge in [-0.1, -0.05) is 58.0 Å². The monoisotopic (exact) mass is 1100 g/mol. The lowest BCUT2D eigenvalue weighted by Crippen LogP contribution is -2.63. The van der Waals surface area contributed by atoms with Crippen LogP contribution in [-0.4, -0.2) is 145 Å². The second-order valence-electron chi connectivity index (χ2n) is 20.8. The van der Waals surface area contributed by atoms with Crippen LogP contribution in [0.4, 0.5) is 0 Å². The van der Waals surface area contributed by atoms with Gasteiger partial charge in [0.25, 0.3) is 22.0 Å². The lowest BCUT2D eigenvalue weighted by atomic mass is 9.79. The molecule has 418 valence electrons. The standard InChI is InChI=1S/C55H72N6O14S2/c1-8-55(4,5)49(63)52(66)60-23-10-9-17-41(60)54(69)75-42(20-18-34-19-21-43(72-6)44(26-34)73-7)36-14-12-16-39(27-36)74-24-22-57-50(64)37-15-11-13-35(25-37)30-59-31-40(28-38(59)29-58-77(56,70)71)76-48-32(2)46-45(33(3)62)51(65)61(46)47(48)53(67)68/h11-16,19,21,25-27,32-33,38,40-42,45-46,58,62H,8-10,17-18,20,22-24,28-31H2,1-7H3,(H,57,64)(H,67,68)(H2,56,70,71)/t32-,33-,38+,40+,41+,42-,45-,46-/m1/s1. The van der Waals surface area contributed by atoms with E-state index in [-0.39, 0.29) is 55.1 Å². The molecule has 0 saturated carbocycles. The predicted octanol–water partition coefficient (Wildman–Crippen LogP) is 4.74. The summed E-state index contributed by atoms with van der Waals surface area (Å²) < 4.78 is 49.8. The zero-order valence-electron chi connectivity index (χ0n) is 44.7. The van der Waals surface area contributed by atoms with Crippen molar-refractivity contribution in [2.45, 2.75) is 122 Å². The molecule has 3 fully saturated rings. The van der Waals surface area contributed by atoms with Crippen molar-refractivity contribution in [2.24, 2.45) is 22.4 Å². The molecule has 0 spiro atoms. The quantitative estimate of drug-likeness (QED) is 0.0332. The average Bonchev–Trinajstić information content (AvgIpc) is 3.91. The van der Waals surface area contributed by atoms with Crippen molar-refractivity contribution < 1.29 is 66.3 Å². The molecule has 77 heavy (non-hydrogen) atoms. The number of hydrogen-bond donors (Lipinski definition) is 5. The molecule has 0 unspecified atom stereocenters. The molecule has 0 aromatic heterocycles.